The third-order valence-electron chi connectivity index (χ3n) is 2.82. The smallest absolute Gasteiger partial charge is 0.257 e. The lowest BCUT2D eigenvalue weighted by atomic mass is 10.0. The van der Waals surface area contributed by atoms with E-state index in [1.165, 1.54) is 18.5 Å². The number of nitrogens with zero attached hydrogens (tertiary/aromatic N) is 1. The Hall–Kier alpha value is -2.36. The van der Waals surface area contributed by atoms with Crippen molar-refractivity contribution in [1.82, 2.24) is 4.98 Å². The van der Waals surface area contributed by atoms with Gasteiger partial charge >= 0.3 is 0 Å². The summed E-state index contributed by atoms with van der Waals surface area (Å²) in [5, 5.41) is 12.2. The molecule has 2 aromatic rings. The van der Waals surface area contributed by atoms with E-state index in [9.17, 15) is 9.90 Å². The van der Waals surface area contributed by atoms with Crippen LogP contribution in [0, 0.1) is 0 Å². The van der Waals surface area contributed by atoms with E-state index >= 15 is 0 Å². The van der Waals surface area contributed by atoms with Gasteiger partial charge < -0.3 is 10.4 Å². The van der Waals surface area contributed by atoms with Crippen molar-refractivity contribution < 1.29 is 9.90 Å². The maximum atomic E-state index is 12.1. The standard InChI is InChI=1S/C15H16N2O2/c1-10(2)13-5-3-4-6-14(13)17-15(19)11-7-12(18)9-16-8-11/h3-10,18H,1-2H3,(H,17,19). The molecular formula is C15H16N2O2. The van der Waals surface area contributed by atoms with Crippen LogP contribution in [-0.4, -0.2) is 16.0 Å². The number of rotatable bonds is 3. The zero-order chi connectivity index (χ0) is 13.8. The molecule has 0 radical (unpaired) electrons. The molecule has 1 aromatic heterocycles. The molecule has 2 rings (SSSR count). The summed E-state index contributed by atoms with van der Waals surface area (Å²) in [6.07, 6.45) is 2.71. The number of para-hydroxylation sites is 1. The van der Waals surface area contributed by atoms with Gasteiger partial charge in [-0.05, 0) is 23.6 Å². The van der Waals surface area contributed by atoms with Gasteiger partial charge in [-0.2, -0.15) is 0 Å². The summed E-state index contributed by atoms with van der Waals surface area (Å²) in [6.45, 7) is 4.14. The van der Waals surface area contributed by atoms with Gasteiger partial charge in [-0.3, -0.25) is 9.78 Å². The van der Waals surface area contributed by atoms with E-state index in [1.54, 1.807) is 0 Å². The zero-order valence-corrected chi connectivity index (χ0v) is 10.9. The van der Waals surface area contributed by atoms with Gasteiger partial charge in [0.25, 0.3) is 5.91 Å². The second kappa shape index (κ2) is 5.52. The molecule has 1 heterocycles. The minimum atomic E-state index is -0.281. The van der Waals surface area contributed by atoms with Crippen LogP contribution in [0.1, 0.15) is 35.7 Å². The molecule has 0 fully saturated rings. The first-order chi connectivity index (χ1) is 9.08. The predicted octanol–water partition coefficient (Wildman–Crippen LogP) is 3.16. The number of carbonyl (C=O) groups excluding carboxylic acids is 1. The second-order valence-electron chi connectivity index (χ2n) is 4.63. The summed E-state index contributed by atoms with van der Waals surface area (Å²) in [4.78, 5) is 15.9. The minimum Gasteiger partial charge on any atom is -0.506 e. The van der Waals surface area contributed by atoms with Crippen molar-refractivity contribution in [1.29, 1.82) is 0 Å². The number of aromatic hydroxyl groups is 1. The van der Waals surface area contributed by atoms with Crippen molar-refractivity contribution in [2.45, 2.75) is 19.8 Å². The van der Waals surface area contributed by atoms with Crippen LogP contribution in [0.2, 0.25) is 0 Å². The summed E-state index contributed by atoms with van der Waals surface area (Å²) in [7, 11) is 0. The van der Waals surface area contributed by atoms with E-state index in [0.717, 1.165) is 11.3 Å². The summed E-state index contributed by atoms with van der Waals surface area (Å²) in [5.74, 6) is 0.0140. The number of benzene rings is 1. The Morgan fingerprint density at radius 2 is 2.00 bits per heavy atom. The van der Waals surface area contributed by atoms with Crippen LogP contribution in [-0.2, 0) is 0 Å². The van der Waals surface area contributed by atoms with Crippen molar-refractivity contribution in [2.24, 2.45) is 0 Å². The highest BCUT2D eigenvalue weighted by Crippen LogP contribution is 2.24. The maximum absolute atomic E-state index is 12.1. The molecule has 0 bridgehead atoms. The number of amides is 1. The van der Waals surface area contributed by atoms with E-state index in [1.807, 2.05) is 24.3 Å². The Balaban J connectivity index is 2.24. The first-order valence-corrected chi connectivity index (χ1v) is 6.12. The number of pyridine rings is 1. The molecule has 0 spiro atoms. The van der Waals surface area contributed by atoms with Gasteiger partial charge in [0.1, 0.15) is 5.75 Å². The topological polar surface area (TPSA) is 62.2 Å². The fraction of sp³-hybridized carbons (Fsp3) is 0.200. The quantitative estimate of drug-likeness (QED) is 0.886. The van der Waals surface area contributed by atoms with Crippen molar-refractivity contribution >= 4 is 11.6 Å². The van der Waals surface area contributed by atoms with E-state index < -0.39 is 0 Å². The van der Waals surface area contributed by atoms with Crippen LogP contribution in [0.15, 0.2) is 42.7 Å². The Morgan fingerprint density at radius 1 is 1.26 bits per heavy atom. The number of anilines is 1. The van der Waals surface area contributed by atoms with E-state index in [4.69, 9.17) is 0 Å². The maximum Gasteiger partial charge on any atom is 0.257 e. The molecule has 1 aromatic carbocycles. The summed E-state index contributed by atoms with van der Waals surface area (Å²) in [6, 6.07) is 9.06. The summed E-state index contributed by atoms with van der Waals surface area (Å²) < 4.78 is 0. The van der Waals surface area contributed by atoms with Crippen LogP contribution in [0.5, 0.6) is 5.75 Å². The minimum absolute atomic E-state index is 0.0233. The van der Waals surface area contributed by atoms with Crippen molar-refractivity contribution in [3.05, 3.63) is 53.9 Å². The Morgan fingerprint density at radius 3 is 2.68 bits per heavy atom. The third-order valence-corrected chi connectivity index (χ3v) is 2.82. The lowest BCUT2D eigenvalue weighted by Gasteiger charge is -2.13. The monoisotopic (exact) mass is 256 g/mol. The molecule has 0 aliphatic rings. The highest BCUT2D eigenvalue weighted by molar-refractivity contribution is 6.04. The zero-order valence-electron chi connectivity index (χ0n) is 10.9. The van der Waals surface area contributed by atoms with Crippen LogP contribution >= 0.6 is 0 Å². The van der Waals surface area contributed by atoms with Gasteiger partial charge in [0.05, 0.1) is 11.8 Å². The normalized spacial score (nSPS) is 10.5. The number of carbonyl (C=O) groups is 1. The second-order valence-corrected chi connectivity index (χ2v) is 4.63. The average Bonchev–Trinajstić information content (AvgIpc) is 2.39. The van der Waals surface area contributed by atoms with Gasteiger partial charge in [-0.25, -0.2) is 0 Å². The molecule has 4 heteroatoms. The van der Waals surface area contributed by atoms with Gasteiger partial charge in [0.15, 0.2) is 0 Å². The lowest BCUT2D eigenvalue weighted by Crippen LogP contribution is -2.13. The van der Waals surface area contributed by atoms with Crippen molar-refractivity contribution in [2.75, 3.05) is 5.32 Å². The fourth-order valence-corrected chi connectivity index (χ4v) is 1.86. The number of hydrogen-bond donors (Lipinski definition) is 2. The van der Waals surface area contributed by atoms with Gasteiger partial charge in [0.2, 0.25) is 0 Å². The fourth-order valence-electron chi connectivity index (χ4n) is 1.86. The summed E-state index contributed by atoms with van der Waals surface area (Å²) in [5.41, 5.74) is 2.19. The molecular weight excluding hydrogens is 240 g/mol. The van der Waals surface area contributed by atoms with Crippen LogP contribution in [0.3, 0.4) is 0 Å². The first kappa shape index (κ1) is 13.1. The lowest BCUT2D eigenvalue weighted by molar-refractivity contribution is 0.102. The molecule has 1 amide bonds. The molecule has 0 unspecified atom stereocenters. The Bertz CT molecular complexity index is 594. The Labute approximate surface area is 112 Å². The van der Waals surface area contributed by atoms with Crippen LogP contribution in [0.25, 0.3) is 0 Å². The van der Waals surface area contributed by atoms with Gasteiger partial charge in [-0.15, -0.1) is 0 Å². The first-order valence-electron chi connectivity index (χ1n) is 6.12. The molecule has 0 saturated carbocycles. The van der Waals surface area contributed by atoms with E-state index in [-0.39, 0.29) is 11.7 Å². The molecule has 19 heavy (non-hydrogen) atoms. The largest absolute Gasteiger partial charge is 0.506 e. The number of hydrogen-bond acceptors (Lipinski definition) is 3. The Kier molecular flexibility index (Phi) is 3.80. The van der Waals surface area contributed by atoms with Crippen LogP contribution in [0.4, 0.5) is 5.69 Å². The van der Waals surface area contributed by atoms with E-state index in [0.29, 0.717) is 11.5 Å². The van der Waals surface area contributed by atoms with Gasteiger partial charge in [-0.1, -0.05) is 32.0 Å². The molecule has 0 aliphatic carbocycles. The molecule has 0 atom stereocenters. The number of nitrogens with one attached hydrogen (secondary N) is 1. The van der Waals surface area contributed by atoms with Crippen molar-refractivity contribution in [3.8, 4) is 5.75 Å². The highest BCUT2D eigenvalue weighted by atomic mass is 16.3. The molecule has 0 aliphatic heterocycles. The van der Waals surface area contributed by atoms with Crippen LogP contribution < -0.4 is 5.32 Å². The number of aromatic nitrogens is 1. The average molecular weight is 256 g/mol. The molecule has 4 nitrogen and oxygen atoms in total. The summed E-state index contributed by atoms with van der Waals surface area (Å²) >= 11 is 0. The third kappa shape index (κ3) is 3.10. The van der Waals surface area contributed by atoms with Crippen molar-refractivity contribution in [3.63, 3.8) is 0 Å². The van der Waals surface area contributed by atoms with Gasteiger partial charge in [0, 0.05) is 11.9 Å². The highest BCUT2D eigenvalue weighted by Gasteiger charge is 2.11. The molecule has 98 valence electrons. The molecule has 2 N–H and O–H groups in total. The molecule has 0 saturated heterocycles. The van der Waals surface area contributed by atoms with E-state index in [2.05, 4.69) is 24.1 Å². The predicted molar refractivity (Wildman–Crippen MR) is 74.4 cm³/mol. The SMILES string of the molecule is CC(C)c1ccccc1NC(=O)c1cncc(O)c1.